The van der Waals surface area contributed by atoms with Crippen molar-refractivity contribution in [1.29, 1.82) is 0 Å². The molecule has 58 heavy (non-hydrogen) atoms. The summed E-state index contributed by atoms with van der Waals surface area (Å²) in [7, 11) is 0. The topological polar surface area (TPSA) is 27.9 Å². The van der Waals surface area contributed by atoms with E-state index >= 15 is 0 Å². The molecule has 4 heteroatoms. The monoisotopic (exact) mass is 739 g/mol. The summed E-state index contributed by atoms with van der Waals surface area (Å²) in [6, 6.07) is 72.5. The first-order valence-electron chi connectivity index (χ1n) is 19.9. The predicted octanol–water partition coefficient (Wildman–Crippen LogP) is 14.5. The first kappa shape index (κ1) is 31.4. The summed E-state index contributed by atoms with van der Waals surface area (Å²) in [5, 5.41) is 9.72. The van der Waals surface area contributed by atoms with Crippen molar-refractivity contribution in [3.63, 3.8) is 0 Å². The highest BCUT2D eigenvalue weighted by Crippen LogP contribution is 2.44. The Bertz CT molecular complexity index is 3800. The van der Waals surface area contributed by atoms with Gasteiger partial charge in [0, 0.05) is 66.1 Å². The lowest BCUT2D eigenvalue weighted by Gasteiger charge is -2.15. The predicted molar refractivity (Wildman–Crippen MR) is 242 cm³/mol. The minimum absolute atomic E-state index is 0.890. The molecule has 0 unspecified atom stereocenters. The third-order valence-electron chi connectivity index (χ3n) is 12.2. The van der Waals surface area contributed by atoms with Crippen LogP contribution in [0.3, 0.4) is 0 Å². The van der Waals surface area contributed by atoms with Crippen LogP contribution >= 0.6 is 0 Å². The Balaban J connectivity index is 1.06. The van der Waals surface area contributed by atoms with Crippen molar-refractivity contribution in [2.75, 3.05) is 0 Å². The SMILES string of the molecule is c1ccc(-n2c3ccccc3c3cc(-c4ccccc4-n4c5ccccc5c5c6c7ccccc7n(-c7ccc8c(c7)oc7ccccc78)c6ccc54)ccc32)cc1. The van der Waals surface area contributed by atoms with Crippen LogP contribution < -0.4 is 0 Å². The molecule has 4 heterocycles. The van der Waals surface area contributed by atoms with Crippen LogP contribution in [0, 0.1) is 0 Å². The van der Waals surface area contributed by atoms with Crippen LogP contribution in [0.5, 0.6) is 0 Å². The number of hydrogen-bond acceptors (Lipinski definition) is 1. The van der Waals surface area contributed by atoms with E-state index in [-0.39, 0.29) is 0 Å². The lowest BCUT2D eigenvalue weighted by Crippen LogP contribution is -1.97. The number of aromatic nitrogens is 3. The third-order valence-corrected chi connectivity index (χ3v) is 12.2. The van der Waals surface area contributed by atoms with Gasteiger partial charge in [0.1, 0.15) is 11.2 Å². The van der Waals surface area contributed by atoms with Gasteiger partial charge in [-0.3, -0.25) is 0 Å². The zero-order chi connectivity index (χ0) is 37.9. The van der Waals surface area contributed by atoms with Crippen molar-refractivity contribution in [3.05, 3.63) is 200 Å². The van der Waals surface area contributed by atoms with Gasteiger partial charge in [0.05, 0.1) is 38.8 Å². The number of fused-ring (bicyclic) bond motifs is 13. The molecule has 0 aliphatic carbocycles. The molecule has 13 rings (SSSR count). The highest BCUT2D eigenvalue weighted by atomic mass is 16.3. The minimum Gasteiger partial charge on any atom is -0.456 e. The average molecular weight is 740 g/mol. The number of benzene rings is 9. The fourth-order valence-corrected chi connectivity index (χ4v) is 9.82. The molecule has 270 valence electrons. The van der Waals surface area contributed by atoms with Crippen LogP contribution in [0.15, 0.2) is 205 Å². The Hall–Kier alpha value is -7.82. The summed E-state index contributed by atoms with van der Waals surface area (Å²) < 4.78 is 13.6. The lowest BCUT2D eigenvalue weighted by molar-refractivity contribution is 0.668. The van der Waals surface area contributed by atoms with E-state index in [2.05, 4.69) is 202 Å². The van der Waals surface area contributed by atoms with Crippen LogP contribution in [-0.4, -0.2) is 13.7 Å². The Morgan fingerprint density at radius 3 is 1.60 bits per heavy atom. The fourth-order valence-electron chi connectivity index (χ4n) is 9.82. The first-order chi connectivity index (χ1) is 28.8. The summed E-state index contributed by atoms with van der Waals surface area (Å²) in [5.41, 5.74) is 14.7. The highest BCUT2D eigenvalue weighted by Gasteiger charge is 2.22. The molecule has 0 atom stereocenters. The molecule has 4 nitrogen and oxygen atoms in total. The lowest BCUT2D eigenvalue weighted by atomic mass is 10.0. The number of para-hydroxylation sites is 6. The molecular weight excluding hydrogens is 707 g/mol. The van der Waals surface area contributed by atoms with Gasteiger partial charge in [-0.2, -0.15) is 0 Å². The Morgan fingerprint density at radius 1 is 0.293 bits per heavy atom. The molecule has 0 aliphatic heterocycles. The average Bonchev–Trinajstić information content (AvgIpc) is 4.02. The molecular formula is C54H33N3O. The maximum atomic E-state index is 6.39. The normalized spacial score (nSPS) is 12.1. The van der Waals surface area contributed by atoms with E-state index in [1.54, 1.807) is 0 Å². The van der Waals surface area contributed by atoms with Gasteiger partial charge >= 0.3 is 0 Å². The summed E-state index contributed by atoms with van der Waals surface area (Å²) in [6.07, 6.45) is 0. The Labute approximate surface area is 332 Å². The van der Waals surface area contributed by atoms with Gasteiger partial charge in [0.25, 0.3) is 0 Å². The number of furan rings is 1. The molecule has 0 amide bonds. The number of rotatable bonds is 4. The van der Waals surface area contributed by atoms with E-state index in [4.69, 9.17) is 4.42 Å². The van der Waals surface area contributed by atoms with Crippen molar-refractivity contribution in [2.24, 2.45) is 0 Å². The minimum atomic E-state index is 0.890. The van der Waals surface area contributed by atoms with E-state index in [9.17, 15) is 0 Å². The van der Waals surface area contributed by atoms with Gasteiger partial charge in [-0.05, 0) is 84.4 Å². The molecule has 13 aromatic rings. The van der Waals surface area contributed by atoms with Crippen molar-refractivity contribution in [3.8, 4) is 28.2 Å². The zero-order valence-electron chi connectivity index (χ0n) is 31.3. The van der Waals surface area contributed by atoms with Crippen LogP contribution in [0.25, 0.3) is 116 Å². The molecule has 0 spiro atoms. The van der Waals surface area contributed by atoms with Gasteiger partial charge in [-0.25, -0.2) is 0 Å². The van der Waals surface area contributed by atoms with Gasteiger partial charge in [-0.1, -0.05) is 115 Å². The van der Waals surface area contributed by atoms with Crippen molar-refractivity contribution in [2.45, 2.75) is 0 Å². The molecule has 0 bridgehead atoms. The summed E-state index contributed by atoms with van der Waals surface area (Å²) >= 11 is 0. The summed E-state index contributed by atoms with van der Waals surface area (Å²) in [4.78, 5) is 0. The molecule has 4 aromatic heterocycles. The quantitative estimate of drug-likeness (QED) is 0.177. The smallest absolute Gasteiger partial charge is 0.137 e. The second kappa shape index (κ2) is 11.8. The van der Waals surface area contributed by atoms with Crippen LogP contribution in [0.2, 0.25) is 0 Å². The Morgan fingerprint density at radius 2 is 0.828 bits per heavy atom. The number of hydrogen-bond donors (Lipinski definition) is 0. The zero-order valence-corrected chi connectivity index (χ0v) is 31.3. The highest BCUT2D eigenvalue weighted by molar-refractivity contribution is 6.29. The maximum absolute atomic E-state index is 6.39. The van der Waals surface area contributed by atoms with Crippen LogP contribution in [0.4, 0.5) is 0 Å². The van der Waals surface area contributed by atoms with Gasteiger partial charge < -0.3 is 18.1 Å². The molecule has 9 aromatic carbocycles. The fraction of sp³-hybridized carbons (Fsp3) is 0. The second-order valence-electron chi connectivity index (χ2n) is 15.3. The van der Waals surface area contributed by atoms with E-state index in [1.165, 1.54) is 76.5 Å². The summed E-state index contributed by atoms with van der Waals surface area (Å²) in [6.45, 7) is 0. The maximum Gasteiger partial charge on any atom is 0.137 e. The van der Waals surface area contributed by atoms with Gasteiger partial charge in [0.2, 0.25) is 0 Å². The molecule has 0 saturated carbocycles. The van der Waals surface area contributed by atoms with Crippen molar-refractivity contribution < 1.29 is 4.42 Å². The molecule has 0 N–H and O–H groups in total. The van der Waals surface area contributed by atoms with Crippen molar-refractivity contribution in [1.82, 2.24) is 13.7 Å². The largest absolute Gasteiger partial charge is 0.456 e. The first-order valence-corrected chi connectivity index (χ1v) is 19.9. The van der Waals surface area contributed by atoms with E-state index in [1.807, 2.05) is 12.1 Å². The third kappa shape index (κ3) is 4.29. The molecule has 0 aliphatic rings. The Kier molecular flexibility index (Phi) is 6.41. The van der Waals surface area contributed by atoms with Crippen molar-refractivity contribution >= 4 is 87.4 Å². The van der Waals surface area contributed by atoms with E-state index < -0.39 is 0 Å². The standard InChI is InChI=1S/C54H33N3O/c1-2-14-35(15-3-1)55-45-22-10-5-17-38(45)43-32-34(26-29-48(43)55)37-16-4-9-21-44(37)57-47-24-12-7-20-42(47)54-50(57)31-30-49-53(54)41-19-6-11-23-46(41)56(49)36-27-28-40-39-18-8-13-25-51(39)58-52(40)33-36/h1-33H. The second-order valence-corrected chi connectivity index (χ2v) is 15.3. The van der Waals surface area contributed by atoms with E-state index in [0.29, 0.717) is 0 Å². The van der Waals surface area contributed by atoms with Crippen LogP contribution in [0.1, 0.15) is 0 Å². The number of nitrogens with zero attached hydrogens (tertiary/aromatic N) is 3. The molecule has 0 saturated heterocycles. The van der Waals surface area contributed by atoms with Gasteiger partial charge in [-0.15, -0.1) is 0 Å². The molecule has 0 fully saturated rings. The van der Waals surface area contributed by atoms with E-state index in [0.717, 1.165) is 39.0 Å². The summed E-state index contributed by atoms with van der Waals surface area (Å²) in [5.74, 6) is 0. The molecule has 0 radical (unpaired) electrons. The van der Waals surface area contributed by atoms with Crippen LogP contribution in [-0.2, 0) is 0 Å². The van der Waals surface area contributed by atoms with Gasteiger partial charge in [0.15, 0.2) is 0 Å².